The maximum absolute atomic E-state index is 13.1. The van der Waals surface area contributed by atoms with Gasteiger partial charge in [-0.15, -0.1) is 10.2 Å². The number of hydrogen-bond donors (Lipinski definition) is 1. The van der Waals surface area contributed by atoms with Crippen LogP contribution >= 0.6 is 11.3 Å². The van der Waals surface area contributed by atoms with E-state index in [0.29, 0.717) is 10.9 Å². The third-order valence-corrected chi connectivity index (χ3v) is 4.86. The molecule has 2 aromatic heterocycles. The standard InChI is InChI=1S/C17H17FN6S/c18-13-5-3-12(4-6-13)10-24-7-1-2-15(24)14-8-19-9-16(21-14)22-17-23-20-11-25-17/h3-6,8-9,11,15H,1-2,7,10H2,(H,21,22,23)/t15-/m1/s1. The smallest absolute Gasteiger partial charge is 0.211 e. The summed E-state index contributed by atoms with van der Waals surface area (Å²) < 4.78 is 13.1. The van der Waals surface area contributed by atoms with Gasteiger partial charge in [-0.25, -0.2) is 9.37 Å². The molecule has 1 N–H and O–H groups in total. The summed E-state index contributed by atoms with van der Waals surface area (Å²) >= 11 is 1.42. The number of anilines is 2. The van der Waals surface area contributed by atoms with Gasteiger partial charge in [-0.2, -0.15) is 0 Å². The maximum atomic E-state index is 13.1. The maximum Gasteiger partial charge on any atom is 0.211 e. The van der Waals surface area contributed by atoms with Crippen molar-refractivity contribution in [3.05, 3.63) is 59.2 Å². The number of nitrogens with zero attached hydrogens (tertiary/aromatic N) is 5. The van der Waals surface area contributed by atoms with E-state index in [1.54, 1.807) is 11.7 Å². The average molecular weight is 356 g/mol. The van der Waals surface area contributed by atoms with E-state index in [4.69, 9.17) is 4.98 Å². The van der Waals surface area contributed by atoms with Crippen LogP contribution < -0.4 is 5.32 Å². The number of nitrogens with one attached hydrogen (secondary N) is 1. The van der Waals surface area contributed by atoms with Crippen molar-refractivity contribution in [3.8, 4) is 0 Å². The molecule has 0 amide bonds. The first-order valence-corrected chi connectivity index (χ1v) is 8.99. The number of halogens is 1. The van der Waals surface area contributed by atoms with Crippen LogP contribution in [0, 0.1) is 5.82 Å². The van der Waals surface area contributed by atoms with E-state index in [9.17, 15) is 4.39 Å². The predicted molar refractivity (Wildman–Crippen MR) is 94.0 cm³/mol. The third kappa shape index (κ3) is 3.80. The molecule has 3 aromatic rings. The van der Waals surface area contributed by atoms with Crippen molar-refractivity contribution < 1.29 is 4.39 Å². The normalized spacial score (nSPS) is 17.7. The molecule has 8 heteroatoms. The molecule has 1 saturated heterocycles. The lowest BCUT2D eigenvalue weighted by Gasteiger charge is -2.24. The lowest BCUT2D eigenvalue weighted by Crippen LogP contribution is -2.23. The summed E-state index contributed by atoms with van der Waals surface area (Å²) in [7, 11) is 0. The summed E-state index contributed by atoms with van der Waals surface area (Å²) in [6.07, 6.45) is 5.66. The van der Waals surface area contributed by atoms with Crippen LogP contribution in [0.3, 0.4) is 0 Å². The first-order valence-electron chi connectivity index (χ1n) is 8.11. The Hall–Kier alpha value is -2.45. The first kappa shape index (κ1) is 16.0. The third-order valence-electron chi connectivity index (χ3n) is 4.25. The van der Waals surface area contributed by atoms with Gasteiger partial charge in [-0.3, -0.25) is 9.88 Å². The largest absolute Gasteiger partial charge is 0.313 e. The van der Waals surface area contributed by atoms with Crippen molar-refractivity contribution in [2.45, 2.75) is 25.4 Å². The molecule has 1 aromatic carbocycles. The second-order valence-electron chi connectivity index (χ2n) is 5.95. The fourth-order valence-corrected chi connectivity index (χ4v) is 3.57. The highest BCUT2D eigenvalue weighted by Gasteiger charge is 2.27. The summed E-state index contributed by atoms with van der Waals surface area (Å²) in [4.78, 5) is 11.4. The molecule has 6 nitrogen and oxygen atoms in total. The Bertz CT molecular complexity index is 823. The number of aromatic nitrogens is 4. The number of rotatable bonds is 5. The molecule has 1 aliphatic rings. The van der Waals surface area contributed by atoms with Crippen LogP contribution in [0.25, 0.3) is 0 Å². The summed E-state index contributed by atoms with van der Waals surface area (Å²) in [6, 6.07) is 6.90. The number of hydrogen-bond acceptors (Lipinski definition) is 7. The van der Waals surface area contributed by atoms with Gasteiger partial charge in [0.15, 0.2) is 5.82 Å². The van der Waals surface area contributed by atoms with Gasteiger partial charge in [0.25, 0.3) is 0 Å². The van der Waals surface area contributed by atoms with Crippen LogP contribution in [0.4, 0.5) is 15.3 Å². The highest BCUT2D eigenvalue weighted by molar-refractivity contribution is 7.13. The van der Waals surface area contributed by atoms with E-state index in [1.807, 2.05) is 18.3 Å². The second-order valence-corrected chi connectivity index (χ2v) is 6.79. The van der Waals surface area contributed by atoms with Crippen LogP contribution in [-0.4, -0.2) is 31.6 Å². The molecule has 0 unspecified atom stereocenters. The second kappa shape index (κ2) is 7.20. The fraction of sp³-hybridized carbons (Fsp3) is 0.294. The van der Waals surface area contributed by atoms with Gasteiger partial charge >= 0.3 is 0 Å². The van der Waals surface area contributed by atoms with Gasteiger partial charge < -0.3 is 5.32 Å². The molecule has 0 radical (unpaired) electrons. The van der Waals surface area contributed by atoms with E-state index in [2.05, 4.69) is 25.4 Å². The molecular formula is C17H17FN6S. The summed E-state index contributed by atoms with van der Waals surface area (Å²) in [5, 5.41) is 11.6. The van der Waals surface area contributed by atoms with E-state index in [0.717, 1.165) is 37.2 Å². The van der Waals surface area contributed by atoms with E-state index < -0.39 is 0 Å². The van der Waals surface area contributed by atoms with Crippen molar-refractivity contribution in [1.29, 1.82) is 0 Å². The summed E-state index contributed by atoms with van der Waals surface area (Å²) in [6.45, 7) is 1.78. The van der Waals surface area contributed by atoms with Crippen molar-refractivity contribution in [2.24, 2.45) is 0 Å². The summed E-state index contributed by atoms with van der Waals surface area (Å²) in [5.74, 6) is 0.464. The summed E-state index contributed by atoms with van der Waals surface area (Å²) in [5.41, 5.74) is 3.71. The Morgan fingerprint density at radius 2 is 2.12 bits per heavy atom. The van der Waals surface area contributed by atoms with Crippen LogP contribution in [0.5, 0.6) is 0 Å². The van der Waals surface area contributed by atoms with Crippen LogP contribution in [-0.2, 0) is 6.54 Å². The first-order chi connectivity index (χ1) is 12.3. The molecule has 4 rings (SSSR count). The minimum absolute atomic E-state index is 0.206. The van der Waals surface area contributed by atoms with Crippen LogP contribution in [0.1, 0.15) is 30.1 Å². The van der Waals surface area contributed by atoms with Crippen molar-refractivity contribution >= 4 is 22.3 Å². The minimum Gasteiger partial charge on any atom is -0.313 e. The topological polar surface area (TPSA) is 66.8 Å². The molecule has 0 aliphatic carbocycles. The zero-order valence-corrected chi connectivity index (χ0v) is 14.3. The molecule has 1 fully saturated rings. The Morgan fingerprint density at radius 3 is 2.92 bits per heavy atom. The van der Waals surface area contributed by atoms with Crippen LogP contribution in [0.2, 0.25) is 0 Å². The number of likely N-dealkylation sites (tertiary alicyclic amines) is 1. The Balaban J connectivity index is 1.50. The van der Waals surface area contributed by atoms with Gasteiger partial charge in [-0.1, -0.05) is 23.5 Å². The molecular weight excluding hydrogens is 339 g/mol. The van der Waals surface area contributed by atoms with E-state index in [1.165, 1.54) is 23.5 Å². The van der Waals surface area contributed by atoms with Gasteiger partial charge in [0.1, 0.15) is 11.3 Å². The van der Waals surface area contributed by atoms with Gasteiger partial charge in [0, 0.05) is 6.54 Å². The minimum atomic E-state index is -0.206. The molecule has 0 spiro atoms. The highest BCUT2D eigenvalue weighted by atomic mass is 32.1. The molecule has 1 atom stereocenters. The molecule has 25 heavy (non-hydrogen) atoms. The van der Waals surface area contributed by atoms with Crippen LogP contribution in [0.15, 0.2) is 42.2 Å². The SMILES string of the molecule is Fc1ccc(CN2CCC[C@@H]2c2cncc(Nc3nncs3)n2)cc1. The number of benzene rings is 1. The monoisotopic (exact) mass is 356 g/mol. The Morgan fingerprint density at radius 1 is 1.24 bits per heavy atom. The van der Waals surface area contributed by atoms with Crippen molar-refractivity contribution in [2.75, 3.05) is 11.9 Å². The Kier molecular flexibility index (Phi) is 4.62. The zero-order valence-electron chi connectivity index (χ0n) is 13.5. The molecule has 3 heterocycles. The molecule has 0 saturated carbocycles. The predicted octanol–water partition coefficient (Wildman–Crippen LogP) is 3.55. The van der Waals surface area contributed by atoms with E-state index >= 15 is 0 Å². The average Bonchev–Trinajstić information content (AvgIpc) is 3.29. The lowest BCUT2D eigenvalue weighted by molar-refractivity contribution is 0.244. The van der Waals surface area contributed by atoms with Gasteiger partial charge in [-0.05, 0) is 37.1 Å². The van der Waals surface area contributed by atoms with Gasteiger partial charge in [0.2, 0.25) is 5.13 Å². The van der Waals surface area contributed by atoms with E-state index in [-0.39, 0.29) is 11.9 Å². The van der Waals surface area contributed by atoms with Gasteiger partial charge in [0.05, 0.1) is 24.1 Å². The molecule has 0 bridgehead atoms. The fourth-order valence-electron chi connectivity index (χ4n) is 3.11. The van der Waals surface area contributed by atoms with Crippen molar-refractivity contribution in [1.82, 2.24) is 25.1 Å². The Labute approximate surface area is 148 Å². The highest BCUT2D eigenvalue weighted by Crippen LogP contribution is 2.32. The quantitative estimate of drug-likeness (QED) is 0.754. The molecule has 128 valence electrons. The van der Waals surface area contributed by atoms with Crippen molar-refractivity contribution in [3.63, 3.8) is 0 Å². The molecule has 1 aliphatic heterocycles. The lowest BCUT2D eigenvalue weighted by atomic mass is 10.1. The zero-order chi connectivity index (χ0) is 17.1.